The Kier molecular flexibility index (Phi) is 4.48. The Labute approximate surface area is 137 Å². The Hall–Kier alpha value is -1.10. The Morgan fingerprint density at radius 2 is 2.05 bits per heavy atom. The minimum atomic E-state index is -0.0298. The fourth-order valence-corrected chi connectivity index (χ4v) is 4.30. The predicted molar refractivity (Wildman–Crippen MR) is 87.8 cm³/mol. The smallest absolute Gasteiger partial charge is 0.243 e. The molecule has 6 heteroatoms. The second kappa shape index (κ2) is 6.34. The largest absolute Gasteiger partial charge is 0.345 e. The Bertz CT molecular complexity index is 645. The summed E-state index contributed by atoms with van der Waals surface area (Å²) in [5.41, 5.74) is 0.949. The van der Waals surface area contributed by atoms with Gasteiger partial charge in [-0.15, -0.1) is 11.8 Å². The number of aromatic nitrogens is 1. The summed E-state index contributed by atoms with van der Waals surface area (Å²) in [5.74, 6) is 1.02. The number of amides is 1. The molecular formula is C15H14Cl2N2OS. The van der Waals surface area contributed by atoms with Crippen molar-refractivity contribution >= 4 is 40.9 Å². The molecule has 0 bridgehead atoms. The summed E-state index contributed by atoms with van der Waals surface area (Å²) in [6, 6.07) is 9.28. The zero-order chi connectivity index (χ0) is 14.8. The highest BCUT2D eigenvalue weighted by atomic mass is 35.5. The van der Waals surface area contributed by atoms with Crippen LogP contribution < -0.4 is 0 Å². The van der Waals surface area contributed by atoms with Crippen LogP contribution in [0.3, 0.4) is 0 Å². The maximum atomic E-state index is 12.5. The first-order valence-corrected chi connectivity index (χ1v) is 8.42. The van der Waals surface area contributed by atoms with E-state index in [4.69, 9.17) is 23.2 Å². The number of hydrogen-bond acceptors (Lipinski definition) is 2. The second-order valence-electron chi connectivity index (χ2n) is 4.83. The molecule has 1 aliphatic heterocycles. The number of benzene rings is 1. The van der Waals surface area contributed by atoms with Gasteiger partial charge < -0.3 is 9.47 Å². The number of thioether (sulfide) groups is 1. The van der Waals surface area contributed by atoms with E-state index in [-0.39, 0.29) is 11.3 Å². The molecule has 0 spiro atoms. The molecule has 0 saturated carbocycles. The van der Waals surface area contributed by atoms with Gasteiger partial charge in [0.1, 0.15) is 11.9 Å². The minimum Gasteiger partial charge on any atom is -0.345 e. The van der Waals surface area contributed by atoms with Crippen molar-refractivity contribution in [1.82, 2.24) is 9.47 Å². The van der Waals surface area contributed by atoms with Crippen LogP contribution in [0, 0.1) is 0 Å². The van der Waals surface area contributed by atoms with Crippen molar-refractivity contribution in [2.45, 2.75) is 11.9 Å². The summed E-state index contributed by atoms with van der Waals surface area (Å²) in [7, 11) is 0. The third-order valence-corrected chi connectivity index (χ3v) is 5.23. The van der Waals surface area contributed by atoms with Gasteiger partial charge in [-0.1, -0.05) is 29.3 Å². The van der Waals surface area contributed by atoms with Gasteiger partial charge in [-0.2, -0.15) is 0 Å². The van der Waals surface area contributed by atoms with Crippen molar-refractivity contribution < 1.29 is 4.79 Å². The summed E-state index contributed by atoms with van der Waals surface area (Å²) >= 11 is 14.0. The number of nitrogens with zero attached hydrogens (tertiary/aromatic N) is 2. The lowest BCUT2D eigenvalue weighted by Gasteiger charge is -2.25. The van der Waals surface area contributed by atoms with Crippen LogP contribution in [0.15, 0.2) is 42.7 Å². The van der Waals surface area contributed by atoms with Crippen LogP contribution >= 0.6 is 35.0 Å². The average Bonchev–Trinajstić information content (AvgIpc) is 3.09. The first kappa shape index (κ1) is 14.8. The Morgan fingerprint density at radius 3 is 2.76 bits per heavy atom. The minimum absolute atomic E-state index is 0.0298. The van der Waals surface area contributed by atoms with Crippen LogP contribution in [0.4, 0.5) is 0 Å². The third kappa shape index (κ3) is 3.23. The van der Waals surface area contributed by atoms with Crippen LogP contribution in [0.2, 0.25) is 10.0 Å². The molecule has 1 atom stereocenters. The fraction of sp³-hybridized carbons (Fsp3) is 0.267. The van der Waals surface area contributed by atoms with E-state index in [2.05, 4.69) is 0 Å². The van der Waals surface area contributed by atoms with Gasteiger partial charge in [0.15, 0.2) is 0 Å². The van der Waals surface area contributed by atoms with Gasteiger partial charge >= 0.3 is 0 Å². The normalized spacial score (nSPS) is 18.2. The van der Waals surface area contributed by atoms with Crippen molar-refractivity contribution in [3.8, 4) is 0 Å². The molecule has 21 heavy (non-hydrogen) atoms. The van der Waals surface area contributed by atoms with Crippen molar-refractivity contribution in [1.29, 1.82) is 0 Å². The molecule has 3 nitrogen and oxygen atoms in total. The predicted octanol–water partition coefficient (Wildman–Crippen LogP) is 4.07. The summed E-state index contributed by atoms with van der Waals surface area (Å²) in [6.45, 7) is 1.10. The van der Waals surface area contributed by atoms with Crippen LogP contribution in [0.25, 0.3) is 0 Å². The summed E-state index contributed by atoms with van der Waals surface area (Å²) in [6.07, 6.45) is 3.79. The lowest BCUT2D eigenvalue weighted by atomic mass is 10.2. The maximum Gasteiger partial charge on any atom is 0.243 e. The van der Waals surface area contributed by atoms with E-state index >= 15 is 0 Å². The van der Waals surface area contributed by atoms with Crippen LogP contribution in [0.1, 0.15) is 10.9 Å². The standard InChI is InChI=1S/C15H14Cl2N2OS/c16-11-3-4-12(13(17)9-11)15-19(7-8-21-15)14(20)10-18-5-1-2-6-18/h1-6,9,15H,7-8,10H2. The SMILES string of the molecule is O=C(Cn1cccc1)N1CCSC1c1ccc(Cl)cc1Cl. The number of carbonyl (C=O) groups is 1. The Balaban J connectivity index is 1.80. The third-order valence-electron chi connectivity index (χ3n) is 3.42. The van der Waals surface area contributed by atoms with Gasteiger partial charge in [-0.05, 0) is 24.3 Å². The number of carbonyl (C=O) groups excluding carboxylic acids is 1. The van der Waals surface area contributed by atoms with Gasteiger partial charge in [0.2, 0.25) is 5.91 Å². The summed E-state index contributed by atoms with van der Waals surface area (Å²) < 4.78 is 1.88. The lowest BCUT2D eigenvalue weighted by molar-refractivity contribution is -0.132. The molecule has 1 aromatic heterocycles. The second-order valence-corrected chi connectivity index (χ2v) is 6.86. The average molecular weight is 341 g/mol. The van der Waals surface area contributed by atoms with E-state index < -0.39 is 0 Å². The van der Waals surface area contributed by atoms with E-state index in [0.29, 0.717) is 16.6 Å². The van der Waals surface area contributed by atoms with Gasteiger partial charge in [0.25, 0.3) is 0 Å². The highest BCUT2D eigenvalue weighted by Gasteiger charge is 2.31. The van der Waals surface area contributed by atoms with Crippen LogP contribution in [-0.2, 0) is 11.3 Å². The summed E-state index contributed by atoms with van der Waals surface area (Å²) in [4.78, 5) is 14.4. The molecule has 0 N–H and O–H groups in total. The zero-order valence-corrected chi connectivity index (χ0v) is 13.5. The molecule has 2 aromatic rings. The van der Waals surface area contributed by atoms with Gasteiger partial charge in [-0.25, -0.2) is 0 Å². The number of rotatable bonds is 3. The van der Waals surface area contributed by atoms with Crippen LogP contribution in [-0.4, -0.2) is 27.7 Å². The molecule has 0 aliphatic carbocycles. The number of halogens is 2. The molecular weight excluding hydrogens is 327 g/mol. The van der Waals surface area contributed by atoms with Crippen molar-refractivity contribution in [3.63, 3.8) is 0 Å². The van der Waals surface area contributed by atoms with E-state index in [0.717, 1.165) is 17.9 Å². The Morgan fingerprint density at radius 1 is 1.29 bits per heavy atom. The van der Waals surface area contributed by atoms with E-state index in [1.165, 1.54) is 0 Å². The molecule has 1 amide bonds. The van der Waals surface area contributed by atoms with Gasteiger partial charge in [0, 0.05) is 40.3 Å². The topological polar surface area (TPSA) is 25.2 Å². The zero-order valence-electron chi connectivity index (χ0n) is 11.2. The molecule has 1 saturated heterocycles. The summed E-state index contributed by atoms with van der Waals surface area (Å²) in [5, 5.41) is 1.19. The number of hydrogen-bond donors (Lipinski definition) is 0. The lowest BCUT2D eigenvalue weighted by Crippen LogP contribution is -2.33. The molecule has 1 fully saturated rings. The highest BCUT2D eigenvalue weighted by molar-refractivity contribution is 7.99. The van der Waals surface area contributed by atoms with Gasteiger partial charge in [0.05, 0.1) is 0 Å². The van der Waals surface area contributed by atoms with Crippen LogP contribution in [0.5, 0.6) is 0 Å². The maximum absolute atomic E-state index is 12.5. The molecule has 3 rings (SSSR count). The molecule has 2 heterocycles. The quantitative estimate of drug-likeness (QED) is 0.841. The molecule has 1 unspecified atom stereocenters. The van der Waals surface area contributed by atoms with E-state index in [1.807, 2.05) is 46.1 Å². The fourth-order valence-electron chi connectivity index (χ4n) is 2.41. The first-order valence-electron chi connectivity index (χ1n) is 6.62. The first-order chi connectivity index (χ1) is 10.1. The van der Waals surface area contributed by atoms with E-state index in [9.17, 15) is 4.79 Å². The van der Waals surface area contributed by atoms with E-state index in [1.54, 1.807) is 17.8 Å². The van der Waals surface area contributed by atoms with Crippen molar-refractivity contribution in [2.75, 3.05) is 12.3 Å². The molecule has 0 radical (unpaired) electrons. The molecule has 1 aliphatic rings. The van der Waals surface area contributed by atoms with Crippen molar-refractivity contribution in [3.05, 3.63) is 58.3 Å². The highest BCUT2D eigenvalue weighted by Crippen LogP contribution is 2.41. The molecule has 110 valence electrons. The monoisotopic (exact) mass is 340 g/mol. The van der Waals surface area contributed by atoms with Crippen molar-refractivity contribution in [2.24, 2.45) is 0 Å². The molecule has 1 aromatic carbocycles. The van der Waals surface area contributed by atoms with Gasteiger partial charge in [-0.3, -0.25) is 4.79 Å².